The van der Waals surface area contributed by atoms with Gasteiger partial charge in [-0.25, -0.2) is 13.6 Å². The number of carbonyl (C=O) groups is 1. The third kappa shape index (κ3) is 3.67. The lowest BCUT2D eigenvalue weighted by Gasteiger charge is -2.31. The zero-order valence-corrected chi connectivity index (χ0v) is 14.5. The Balaban J connectivity index is 1.53. The summed E-state index contributed by atoms with van der Waals surface area (Å²) < 4.78 is 28.6. The van der Waals surface area contributed by atoms with Crippen LogP contribution in [0.2, 0.25) is 0 Å². The summed E-state index contributed by atoms with van der Waals surface area (Å²) in [4.78, 5) is 13.9. The van der Waals surface area contributed by atoms with Crippen molar-refractivity contribution in [1.29, 1.82) is 0 Å². The molecule has 3 rings (SSSR count). The van der Waals surface area contributed by atoms with Gasteiger partial charge >= 0.3 is 6.03 Å². The van der Waals surface area contributed by atoms with E-state index in [1.165, 1.54) is 12.1 Å². The Bertz CT molecular complexity index is 787. The molecule has 0 bridgehead atoms. The van der Waals surface area contributed by atoms with Crippen molar-refractivity contribution in [3.05, 3.63) is 47.0 Å². The first-order valence-corrected chi connectivity index (χ1v) is 8.46. The molecule has 2 aromatic rings. The predicted molar refractivity (Wildman–Crippen MR) is 89.1 cm³/mol. The minimum atomic E-state index is -0.937. The van der Waals surface area contributed by atoms with Crippen LogP contribution in [0.25, 0.3) is 0 Å². The van der Waals surface area contributed by atoms with E-state index in [0.717, 1.165) is 24.7 Å². The summed E-state index contributed by atoms with van der Waals surface area (Å²) >= 11 is 0. The first kappa shape index (κ1) is 18.2. The van der Waals surface area contributed by atoms with Gasteiger partial charge < -0.3 is 19.9 Å². The Hall–Kier alpha value is -2.55. The van der Waals surface area contributed by atoms with Crippen molar-refractivity contribution in [2.24, 2.45) is 7.05 Å². The molecule has 7 nitrogen and oxygen atoms in total. The number of carbonyl (C=O) groups excluding carboxylic acids is 1. The fraction of sp³-hybridized carbons (Fsp3) is 0.471. The highest BCUT2D eigenvalue weighted by atomic mass is 19.2. The molecule has 1 fully saturated rings. The highest BCUT2D eigenvalue weighted by Gasteiger charge is 2.27. The lowest BCUT2D eigenvalue weighted by Crippen LogP contribution is -2.44. The average Bonchev–Trinajstić information content (AvgIpc) is 3.03. The molecule has 26 heavy (non-hydrogen) atoms. The molecule has 2 amide bonds. The van der Waals surface area contributed by atoms with Crippen LogP contribution in [0.5, 0.6) is 0 Å². The standard InChI is InChI=1S/C17H21F2N5O2/c1-23-14(10-25)21-22-16(23)11-5-7-24(8-6-11)17(26)20-9-12-3-2-4-13(18)15(12)19/h2-4,11,25H,5-10H2,1H3,(H,20,26). The average molecular weight is 365 g/mol. The third-order valence-corrected chi connectivity index (χ3v) is 4.75. The molecule has 2 N–H and O–H groups in total. The molecule has 1 aromatic carbocycles. The molecular formula is C17H21F2N5O2. The second-order valence-corrected chi connectivity index (χ2v) is 6.32. The number of hydrogen-bond donors (Lipinski definition) is 2. The van der Waals surface area contributed by atoms with Crippen LogP contribution in [-0.4, -0.2) is 43.9 Å². The molecule has 0 saturated carbocycles. The molecule has 2 heterocycles. The monoisotopic (exact) mass is 365 g/mol. The lowest BCUT2D eigenvalue weighted by molar-refractivity contribution is 0.179. The summed E-state index contributed by atoms with van der Waals surface area (Å²) in [5, 5.41) is 19.9. The van der Waals surface area contributed by atoms with Crippen molar-refractivity contribution >= 4 is 6.03 Å². The van der Waals surface area contributed by atoms with Gasteiger partial charge in [0.2, 0.25) is 0 Å². The maximum atomic E-state index is 13.6. The Kier molecular flexibility index (Phi) is 5.46. The summed E-state index contributed by atoms with van der Waals surface area (Å²) in [6.07, 6.45) is 1.44. The number of nitrogens with one attached hydrogen (secondary N) is 1. The predicted octanol–water partition coefficient (Wildman–Crippen LogP) is 1.67. The van der Waals surface area contributed by atoms with Crippen LogP contribution in [-0.2, 0) is 20.2 Å². The minimum absolute atomic E-state index is 0.0640. The summed E-state index contributed by atoms with van der Waals surface area (Å²) in [6.45, 7) is 0.833. The van der Waals surface area contributed by atoms with Gasteiger partial charge in [0.1, 0.15) is 12.4 Å². The molecule has 0 unspecified atom stereocenters. The van der Waals surface area contributed by atoms with Crippen LogP contribution in [0.15, 0.2) is 18.2 Å². The SMILES string of the molecule is Cn1c(CO)nnc1C1CCN(C(=O)NCc2cccc(F)c2F)CC1. The number of aromatic nitrogens is 3. The first-order chi connectivity index (χ1) is 12.5. The fourth-order valence-corrected chi connectivity index (χ4v) is 3.18. The fourth-order valence-electron chi connectivity index (χ4n) is 3.18. The van der Waals surface area contributed by atoms with E-state index in [4.69, 9.17) is 0 Å². The number of aliphatic hydroxyl groups excluding tert-OH is 1. The number of hydrogen-bond acceptors (Lipinski definition) is 4. The number of halogens is 2. The molecule has 0 atom stereocenters. The van der Waals surface area contributed by atoms with Crippen LogP contribution in [0.3, 0.4) is 0 Å². The lowest BCUT2D eigenvalue weighted by atomic mass is 9.96. The quantitative estimate of drug-likeness (QED) is 0.864. The van der Waals surface area contributed by atoms with E-state index in [1.807, 2.05) is 7.05 Å². The van der Waals surface area contributed by atoms with Gasteiger partial charge in [-0.05, 0) is 18.9 Å². The zero-order valence-electron chi connectivity index (χ0n) is 14.5. The van der Waals surface area contributed by atoms with Gasteiger partial charge in [-0.15, -0.1) is 10.2 Å². The van der Waals surface area contributed by atoms with Crippen LogP contribution in [0.1, 0.15) is 36.0 Å². The maximum absolute atomic E-state index is 13.6. The van der Waals surface area contributed by atoms with Crippen LogP contribution >= 0.6 is 0 Å². The van der Waals surface area contributed by atoms with E-state index < -0.39 is 11.6 Å². The van der Waals surface area contributed by atoms with E-state index in [9.17, 15) is 18.7 Å². The number of nitrogens with zero attached hydrogens (tertiary/aromatic N) is 4. The summed E-state index contributed by atoms with van der Waals surface area (Å²) in [6, 6.07) is 3.59. The molecule has 1 saturated heterocycles. The van der Waals surface area contributed by atoms with Crippen molar-refractivity contribution in [3.63, 3.8) is 0 Å². The molecule has 1 aliphatic heterocycles. The number of rotatable bonds is 4. The van der Waals surface area contributed by atoms with Gasteiger partial charge in [0.05, 0.1) is 0 Å². The van der Waals surface area contributed by atoms with Crippen molar-refractivity contribution in [3.8, 4) is 0 Å². The molecule has 1 aliphatic rings. The van der Waals surface area contributed by atoms with Crippen LogP contribution in [0.4, 0.5) is 13.6 Å². The van der Waals surface area contributed by atoms with Crippen molar-refractivity contribution in [2.75, 3.05) is 13.1 Å². The van der Waals surface area contributed by atoms with Crippen LogP contribution < -0.4 is 5.32 Å². The van der Waals surface area contributed by atoms with Crippen LogP contribution in [0, 0.1) is 11.6 Å². The topological polar surface area (TPSA) is 83.3 Å². The van der Waals surface area contributed by atoms with Gasteiger partial charge in [0.15, 0.2) is 17.5 Å². The van der Waals surface area contributed by atoms with Gasteiger partial charge in [-0.2, -0.15) is 0 Å². The largest absolute Gasteiger partial charge is 0.388 e. The molecule has 0 radical (unpaired) electrons. The molecule has 140 valence electrons. The van der Waals surface area contributed by atoms with Crippen molar-refractivity contribution in [2.45, 2.75) is 31.9 Å². The number of aliphatic hydroxyl groups is 1. The normalized spacial score (nSPS) is 15.3. The zero-order chi connectivity index (χ0) is 18.7. The smallest absolute Gasteiger partial charge is 0.317 e. The number of piperidine rings is 1. The molecule has 9 heteroatoms. The second-order valence-electron chi connectivity index (χ2n) is 6.32. The van der Waals surface area contributed by atoms with E-state index in [2.05, 4.69) is 15.5 Å². The van der Waals surface area contributed by atoms with E-state index >= 15 is 0 Å². The first-order valence-electron chi connectivity index (χ1n) is 8.46. The van der Waals surface area contributed by atoms with Gasteiger partial charge in [-0.1, -0.05) is 12.1 Å². The maximum Gasteiger partial charge on any atom is 0.317 e. The summed E-state index contributed by atoms with van der Waals surface area (Å²) in [5.74, 6) is -0.386. The molecule has 0 spiro atoms. The second kappa shape index (κ2) is 7.77. The third-order valence-electron chi connectivity index (χ3n) is 4.75. The number of likely N-dealkylation sites (tertiary alicyclic amines) is 1. The van der Waals surface area contributed by atoms with Gasteiger partial charge in [0, 0.05) is 38.2 Å². The van der Waals surface area contributed by atoms with E-state index in [1.54, 1.807) is 9.47 Å². The molecular weight excluding hydrogens is 344 g/mol. The highest BCUT2D eigenvalue weighted by Crippen LogP contribution is 2.26. The molecule has 1 aromatic heterocycles. The number of urea groups is 1. The Labute approximate surface area is 149 Å². The van der Waals surface area contributed by atoms with E-state index in [-0.39, 0.29) is 30.7 Å². The Morgan fingerprint density at radius 3 is 2.69 bits per heavy atom. The van der Waals surface area contributed by atoms with Crippen molar-refractivity contribution < 1.29 is 18.7 Å². The van der Waals surface area contributed by atoms with Crippen molar-refractivity contribution in [1.82, 2.24) is 25.0 Å². The Morgan fingerprint density at radius 1 is 1.31 bits per heavy atom. The molecule has 0 aliphatic carbocycles. The minimum Gasteiger partial charge on any atom is -0.388 e. The van der Waals surface area contributed by atoms with E-state index in [0.29, 0.717) is 18.9 Å². The van der Waals surface area contributed by atoms with Gasteiger partial charge in [-0.3, -0.25) is 0 Å². The summed E-state index contributed by atoms with van der Waals surface area (Å²) in [7, 11) is 1.81. The number of benzene rings is 1. The van der Waals surface area contributed by atoms with Gasteiger partial charge in [0.25, 0.3) is 0 Å². The Morgan fingerprint density at radius 2 is 2.04 bits per heavy atom. The highest BCUT2D eigenvalue weighted by molar-refractivity contribution is 5.74. The number of amides is 2. The summed E-state index contributed by atoms with van der Waals surface area (Å²) in [5.41, 5.74) is 0.115.